The van der Waals surface area contributed by atoms with Crippen LogP contribution in [0.3, 0.4) is 0 Å². The average molecular weight is 261 g/mol. The molecule has 0 aromatic heterocycles. The van der Waals surface area contributed by atoms with Crippen LogP contribution in [0.1, 0.15) is 44.6 Å². The summed E-state index contributed by atoms with van der Waals surface area (Å²) in [5, 5.41) is 0. The smallest absolute Gasteiger partial charge is 0.308 e. The fraction of sp³-hybridized carbons (Fsp3) is 0.562. The maximum atomic E-state index is 11.0. The molecule has 1 aromatic carbocycles. The van der Waals surface area contributed by atoms with Gasteiger partial charge < -0.3 is 9.64 Å². The third kappa shape index (κ3) is 4.06. The van der Waals surface area contributed by atoms with E-state index in [9.17, 15) is 4.79 Å². The highest BCUT2D eigenvalue weighted by atomic mass is 16.5. The van der Waals surface area contributed by atoms with Gasteiger partial charge in [-0.1, -0.05) is 19.1 Å². The number of likely N-dealkylation sites (tertiary alicyclic amines) is 1. The molecular weight excluding hydrogens is 238 g/mol. The molecule has 1 aromatic rings. The summed E-state index contributed by atoms with van der Waals surface area (Å²) >= 11 is 0. The standard InChI is InChI=1S/C16H23NO2/c1-3-9-17-10-5-7-15(12-17)14-6-4-8-16(11-14)19-13(2)18/h4,6,8,11,15H,3,5,7,9-10,12H2,1-2H3/t15-/m1/s1. The van der Waals surface area contributed by atoms with Gasteiger partial charge in [0.05, 0.1) is 0 Å². The molecule has 0 amide bonds. The van der Waals surface area contributed by atoms with Crippen LogP contribution in [0.15, 0.2) is 24.3 Å². The Balaban J connectivity index is 2.06. The van der Waals surface area contributed by atoms with Gasteiger partial charge >= 0.3 is 5.97 Å². The average Bonchev–Trinajstić information content (AvgIpc) is 2.39. The first-order valence-corrected chi connectivity index (χ1v) is 7.19. The third-order valence-corrected chi connectivity index (χ3v) is 3.64. The summed E-state index contributed by atoms with van der Waals surface area (Å²) in [4.78, 5) is 13.5. The molecule has 0 saturated carbocycles. The first kappa shape index (κ1) is 14.1. The van der Waals surface area contributed by atoms with Gasteiger partial charge in [-0.05, 0) is 56.0 Å². The van der Waals surface area contributed by atoms with E-state index >= 15 is 0 Å². The van der Waals surface area contributed by atoms with Crippen LogP contribution in [0.5, 0.6) is 5.75 Å². The Morgan fingerprint density at radius 3 is 3.05 bits per heavy atom. The van der Waals surface area contributed by atoms with Crippen LogP contribution in [0, 0.1) is 0 Å². The number of rotatable bonds is 4. The first-order chi connectivity index (χ1) is 9.19. The van der Waals surface area contributed by atoms with E-state index < -0.39 is 0 Å². The van der Waals surface area contributed by atoms with Crippen LogP contribution in [0.25, 0.3) is 0 Å². The summed E-state index contributed by atoms with van der Waals surface area (Å²) < 4.78 is 5.17. The quantitative estimate of drug-likeness (QED) is 0.616. The molecule has 2 rings (SSSR count). The molecule has 0 spiro atoms. The minimum absolute atomic E-state index is 0.256. The predicted octanol–water partition coefficient (Wildman–Crippen LogP) is 3.20. The zero-order chi connectivity index (χ0) is 13.7. The van der Waals surface area contributed by atoms with E-state index in [1.54, 1.807) is 0 Å². The lowest BCUT2D eigenvalue weighted by Crippen LogP contribution is -2.34. The topological polar surface area (TPSA) is 29.5 Å². The first-order valence-electron chi connectivity index (χ1n) is 7.19. The van der Waals surface area contributed by atoms with Crippen LogP contribution in [-0.2, 0) is 4.79 Å². The fourth-order valence-corrected chi connectivity index (χ4v) is 2.84. The SMILES string of the molecule is CCCN1CCC[C@@H](c2cccc(OC(C)=O)c2)C1. The number of nitrogens with zero attached hydrogens (tertiary/aromatic N) is 1. The van der Waals surface area contributed by atoms with Gasteiger partial charge in [-0.15, -0.1) is 0 Å². The molecule has 1 fully saturated rings. The van der Waals surface area contributed by atoms with Gasteiger partial charge in [0, 0.05) is 13.5 Å². The fourth-order valence-electron chi connectivity index (χ4n) is 2.84. The van der Waals surface area contributed by atoms with Crippen LogP contribution in [0.4, 0.5) is 0 Å². The lowest BCUT2D eigenvalue weighted by Gasteiger charge is -2.32. The van der Waals surface area contributed by atoms with E-state index in [1.165, 1.54) is 44.8 Å². The van der Waals surface area contributed by atoms with Crippen molar-refractivity contribution >= 4 is 5.97 Å². The van der Waals surface area contributed by atoms with Crippen molar-refractivity contribution in [3.63, 3.8) is 0 Å². The Bertz CT molecular complexity index is 429. The molecule has 19 heavy (non-hydrogen) atoms. The minimum Gasteiger partial charge on any atom is -0.427 e. The molecule has 3 nitrogen and oxygen atoms in total. The van der Waals surface area contributed by atoms with E-state index in [0.717, 1.165) is 6.54 Å². The molecule has 0 radical (unpaired) electrons. The second-order valence-electron chi connectivity index (χ2n) is 5.31. The largest absolute Gasteiger partial charge is 0.427 e. The molecule has 0 bridgehead atoms. The molecule has 0 unspecified atom stereocenters. The number of hydrogen-bond donors (Lipinski definition) is 0. The van der Waals surface area contributed by atoms with Gasteiger partial charge in [0.2, 0.25) is 0 Å². The van der Waals surface area contributed by atoms with Gasteiger partial charge in [0.25, 0.3) is 0 Å². The normalized spacial score (nSPS) is 20.2. The third-order valence-electron chi connectivity index (χ3n) is 3.64. The van der Waals surface area contributed by atoms with Crippen molar-refractivity contribution in [2.75, 3.05) is 19.6 Å². The van der Waals surface area contributed by atoms with Crippen molar-refractivity contribution < 1.29 is 9.53 Å². The van der Waals surface area contributed by atoms with E-state index in [2.05, 4.69) is 17.9 Å². The van der Waals surface area contributed by atoms with E-state index in [4.69, 9.17) is 4.74 Å². The second kappa shape index (κ2) is 6.71. The number of hydrogen-bond acceptors (Lipinski definition) is 3. The van der Waals surface area contributed by atoms with Gasteiger partial charge in [-0.25, -0.2) is 0 Å². The van der Waals surface area contributed by atoms with Crippen LogP contribution in [-0.4, -0.2) is 30.5 Å². The number of carbonyl (C=O) groups excluding carboxylic acids is 1. The Morgan fingerprint density at radius 1 is 1.47 bits per heavy atom. The lowest BCUT2D eigenvalue weighted by molar-refractivity contribution is -0.131. The van der Waals surface area contributed by atoms with E-state index in [0.29, 0.717) is 11.7 Å². The lowest BCUT2D eigenvalue weighted by atomic mass is 9.90. The predicted molar refractivity (Wildman–Crippen MR) is 76.5 cm³/mol. The number of carbonyl (C=O) groups is 1. The maximum absolute atomic E-state index is 11.0. The van der Waals surface area contributed by atoms with Gasteiger partial charge in [-0.3, -0.25) is 4.79 Å². The summed E-state index contributed by atoms with van der Waals surface area (Å²) in [7, 11) is 0. The summed E-state index contributed by atoms with van der Waals surface area (Å²) in [6.07, 6.45) is 3.69. The molecule has 1 aliphatic heterocycles. The second-order valence-corrected chi connectivity index (χ2v) is 5.31. The molecule has 1 saturated heterocycles. The zero-order valence-corrected chi connectivity index (χ0v) is 11.9. The van der Waals surface area contributed by atoms with E-state index in [1.807, 2.05) is 18.2 Å². The van der Waals surface area contributed by atoms with Crippen LogP contribution in [0.2, 0.25) is 0 Å². The van der Waals surface area contributed by atoms with Crippen LogP contribution >= 0.6 is 0 Å². The zero-order valence-electron chi connectivity index (χ0n) is 11.9. The van der Waals surface area contributed by atoms with Crippen LogP contribution < -0.4 is 4.74 Å². The highest BCUT2D eigenvalue weighted by Gasteiger charge is 2.21. The Hall–Kier alpha value is -1.35. The highest BCUT2D eigenvalue weighted by molar-refractivity contribution is 5.69. The summed E-state index contributed by atoms with van der Waals surface area (Å²) in [5.41, 5.74) is 1.29. The molecule has 3 heteroatoms. The molecule has 0 aliphatic carbocycles. The number of piperidine rings is 1. The summed E-state index contributed by atoms with van der Waals surface area (Å²) in [6.45, 7) is 7.19. The van der Waals surface area contributed by atoms with Crippen molar-refractivity contribution in [1.29, 1.82) is 0 Å². The minimum atomic E-state index is -0.256. The molecule has 0 N–H and O–H groups in total. The number of ether oxygens (including phenoxy) is 1. The Labute approximate surface area is 115 Å². The van der Waals surface area contributed by atoms with Crippen molar-refractivity contribution in [2.24, 2.45) is 0 Å². The van der Waals surface area contributed by atoms with Crippen molar-refractivity contribution in [3.05, 3.63) is 29.8 Å². The maximum Gasteiger partial charge on any atom is 0.308 e. The van der Waals surface area contributed by atoms with Gasteiger partial charge in [0.1, 0.15) is 5.75 Å². The Morgan fingerprint density at radius 2 is 2.32 bits per heavy atom. The molecular formula is C16H23NO2. The monoisotopic (exact) mass is 261 g/mol. The van der Waals surface area contributed by atoms with Crippen molar-refractivity contribution in [2.45, 2.75) is 39.0 Å². The summed E-state index contributed by atoms with van der Waals surface area (Å²) in [5.74, 6) is 0.974. The molecule has 104 valence electrons. The van der Waals surface area contributed by atoms with Gasteiger partial charge in [-0.2, -0.15) is 0 Å². The Kier molecular flexibility index (Phi) is 4.97. The molecule has 1 heterocycles. The number of benzene rings is 1. The van der Waals surface area contributed by atoms with E-state index in [-0.39, 0.29) is 5.97 Å². The molecule has 1 atom stereocenters. The number of esters is 1. The molecule has 1 aliphatic rings. The van der Waals surface area contributed by atoms with Crippen molar-refractivity contribution in [1.82, 2.24) is 4.90 Å². The summed E-state index contributed by atoms with van der Waals surface area (Å²) in [6, 6.07) is 7.98. The van der Waals surface area contributed by atoms with Gasteiger partial charge in [0.15, 0.2) is 0 Å². The highest BCUT2D eigenvalue weighted by Crippen LogP contribution is 2.29. The van der Waals surface area contributed by atoms with Crippen molar-refractivity contribution in [3.8, 4) is 5.75 Å².